The average molecular weight is 523 g/mol. The molecule has 0 aliphatic carbocycles. The van der Waals surface area contributed by atoms with Gasteiger partial charge in [0, 0.05) is 16.8 Å². The molecule has 3 rings (SSSR count). The van der Waals surface area contributed by atoms with Crippen molar-refractivity contribution in [2.75, 3.05) is 18.5 Å². The number of anilines is 1. The Bertz CT molecular complexity index is 1230. The maximum absolute atomic E-state index is 12.8. The second kappa shape index (κ2) is 12.7. The molecule has 3 aromatic carbocycles. The molecule has 3 aromatic rings. The van der Waals surface area contributed by atoms with Crippen LogP contribution in [-0.4, -0.2) is 35.2 Å². The number of carbonyl (C=O) groups excluding carboxylic acids is 1. The van der Waals surface area contributed by atoms with Crippen LogP contribution >= 0.6 is 12.2 Å². The minimum absolute atomic E-state index is 0.150. The summed E-state index contributed by atoms with van der Waals surface area (Å²) in [5.74, 6) is -1.02. The molecule has 0 aliphatic heterocycles. The smallest absolute Gasteiger partial charge is 0.344 e. The van der Waals surface area contributed by atoms with Crippen LogP contribution in [0.3, 0.4) is 0 Å². The second-order valence-corrected chi connectivity index (χ2v) is 8.60. The zero-order chi connectivity index (χ0) is 26.8. The molecule has 8 nitrogen and oxygen atoms in total. The summed E-state index contributed by atoms with van der Waals surface area (Å²) in [6.07, 6.45) is 0.150. The number of rotatable bonds is 13. The first-order valence-corrected chi connectivity index (χ1v) is 12.2. The standard InChI is InChI=1S/C28H30N2O6S/c1-3-28(27(32)33,30-21-12-10-20(11-13-21)26(29)37)23-16-22(35-17-19-8-6-5-7-9-19)14-15-24(23)36-18-25(31)34-4-2/h5-16,30H,3-4,17-18H2,1-2H3,(H2,29,37)(H,32,33). The average Bonchev–Trinajstić information content (AvgIpc) is 2.90. The van der Waals surface area contributed by atoms with Gasteiger partial charge in [-0.25, -0.2) is 9.59 Å². The van der Waals surface area contributed by atoms with E-state index in [4.69, 9.17) is 32.2 Å². The molecule has 194 valence electrons. The van der Waals surface area contributed by atoms with Crippen molar-refractivity contribution in [2.24, 2.45) is 5.73 Å². The van der Waals surface area contributed by atoms with Crippen LogP contribution in [0.15, 0.2) is 72.8 Å². The summed E-state index contributed by atoms with van der Waals surface area (Å²) >= 11 is 5.01. The summed E-state index contributed by atoms with van der Waals surface area (Å²) in [4.78, 5) is 25.0. The van der Waals surface area contributed by atoms with Gasteiger partial charge in [0.2, 0.25) is 0 Å². The Hall–Kier alpha value is -4.11. The summed E-state index contributed by atoms with van der Waals surface area (Å²) in [5.41, 5.74) is 6.54. The van der Waals surface area contributed by atoms with Crippen molar-refractivity contribution in [1.29, 1.82) is 0 Å². The first-order chi connectivity index (χ1) is 17.8. The third-order valence-electron chi connectivity index (χ3n) is 5.73. The van der Waals surface area contributed by atoms with E-state index in [9.17, 15) is 14.7 Å². The molecule has 9 heteroatoms. The molecule has 0 spiro atoms. The van der Waals surface area contributed by atoms with Crippen molar-refractivity contribution in [3.8, 4) is 11.5 Å². The maximum Gasteiger partial charge on any atom is 0.344 e. The number of nitrogens with two attached hydrogens (primary N) is 1. The Balaban J connectivity index is 2.01. The number of aliphatic carboxylic acids is 1. The van der Waals surface area contributed by atoms with Gasteiger partial charge in [-0.3, -0.25) is 0 Å². The van der Waals surface area contributed by atoms with Gasteiger partial charge < -0.3 is 30.4 Å². The van der Waals surface area contributed by atoms with Gasteiger partial charge >= 0.3 is 11.9 Å². The molecule has 4 N–H and O–H groups in total. The molecule has 0 aliphatic rings. The van der Waals surface area contributed by atoms with E-state index in [0.717, 1.165) is 5.56 Å². The van der Waals surface area contributed by atoms with Crippen molar-refractivity contribution in [2.45, 2.75) is 32.4 Å². The summed E-state index contributed by atoms with van der Waals surface area (Å²) in [6, 6.07) is 21.3. The van der Waals surface area contributed by atoms with Crippen LogP contribution < -0.4 is 20.5 Å². The molecule has 1 atom stereocenters. The molecule has 0 amide bonds. The van der Waals surface area contributed by atoms with Gasteiger partial charge in [-0.15, -0.1) is 0 Å². The number of esters is 1. The molecule has 0 bridgehead atoms. The summed E-state index contributed by atoms with van der Waals surface area (Å²) < 4.78 is 16.7. The molecule has 0 saturated carbocycles. The minimum atomic E-state index is -1.61. The van der Waals surface area contributed by atoms with Crippen molar-refractivity contribution in [1.82, 2.24) is 0 Å². The molecule has 0 heterocycles. The number of carbonyl (C=O) groups is 2. The fourth-order valence-corrected chi connectivity index (χ4v) is 3.90. The molecule has 1 unspecified atom stereocenters. The zero-order valence-corrected chi connectivity index (χ0v) is 21.5. The number of hydrogen-bond donors (Lipinski definition) is 3. The van der Waals surface area contributed by atoms with Gasteiger partial charge in [0.15, 0.2) is 12.1 Å². The van der Waals surface area contributed by atoms with Gasteiger partial charge in [0.05, 0.1) is 6.61 Å². The molecule has 0 aromatic heterocycles. The number of benzene rings is 3. The van der Waals surface area contributed by atoms with Crippen LogP contribution in [0.25, 0.3) is 0 Å². The van der Waals surface area contributed by atoms with Gasteiger partial charge in [-0.1, -0.05) is 49.5 Å². The molecule has 0 fully saturated rings. The first kappa shape index (κ1) is 27.5. The summed E-state index contributed by atoms with van der Waals surface area (Å²) in [5, 5.41) is 13.6. The topological polar surface area (TPSA) is 120 Å². The SMILES string of the molecule is CCOC(=O)COc1ccc(OCc2ccccc2)cc1C(CC)(Nc1ccc(C(N)=S)cc1)C(=O)O. The molecule has 37 heavy (non-hydrogen) atoms. The number of ether oxygens (including phenoxy) is 3. The highest BCUT2D eigenvalue weighted by atomic mass is 32.1. The van der Waals surface area contributed by atoms with Gasteiger partial charge in [-0.05, 0) is 61.4 Å². The second-order valence-electron chi connectivity index (χ2n) is 8.16. The number of thiocarbonyl (C=S) groups is 1. The minimum Gasteiger partial charge on any atom is -0.489 e. The number of hydrogen-bond acceptors (Lipinski definition) is 7. The van der Waals surface area contributed by atoms with Crippen LogP contribution in [0.2, 0.25) is 0 Å². The third-order valence-corrected chi connectivity index (χ3v) is 5.97. The Morgan fingerprint density at radius 3 is 2.30 bits per heavy atom. The van der Waals surface area contributed by atoms with Gasteiger partial charge in [0.1, 0.15) is 23.1 Å². The molecular formula is C28H30N2O6S. The summed E-state index contributed by atoms with van der Waals surface area (Å²) in [6.45, 7) is 3.58. The van der Waals surface area contributed by atoms with E-state index in [1.165, 1.54) is 0 Å². The quantitative estimate of drug-likeness (QED) is 0.218. The first-order valence-electron chi connectivity index (χ1n) is 11.8. The van der Waals surface area contributed by atoms with Crippen LogP contribution in [0.5, 0.6) is 11.5 Å². The summed E-state index contributed by atoms with van der Waals surface area (Å²) in [7, 11) is 0. The number of carboxylic acids is 1. The van der Waals surface area contributed by atoms with E-state index in [2.05, 4.69) is 5.32 Å². The van der Waals surface area contributed by atoms with Crippen LogP contribution in [-0.2, 0) is 26.5 Å². The highest BCUT2D eigenvalue weighted by Crippen LogP contribution is 2.39. The lowest BCUT2D eigenvalue weighted by Crippen LogP contribution is -2.43. The van der Waals surface area contributed by atoms with Crippen LogP contribution in [0.1, 0.15) is 37.0 Å². The van der Waals surface area contributed by atoms with E-state index in [1.54, 1.807) is 56.3 Å². The normalized spacial score (nSPS) is 12.2. The van der Waals surface area contributed by atoms with Crippen LogP contribution in [0.4, 0.5) is 5.69 Å². The fourth-order valence-electron chi connectivity index (χ4n) is 3.77. The predicted octanol–water partition coefficient (Wildman–Crippen LogP) is 4.64. The Labute approximate surface area is 221 Å². The Morgan fingerprint density at radius 2 is 1.70 bits per heavy atom. The van der Waals surface area contributed by atoms with E-state index >= 15 is 0 Å². The number of nitrogens with one attached hydrogen (secondary N) is 1. The lowest BCUT2D eigenvalue weighted by Gasteiger charge is -2.33. The monoisotopic (exact) mass is 522 g/mol. The zero-order valence-electron chi connectivity index (χ0n) is 20.7. The predicted molar refractivity (Wildman–Crippen MR) is 145 cm³/mol. The van der Waals surface area contributed by atoms with E-state index < -0.39 is 17.5 Å². The largest absolute Gasteiger partial charge is 0.489 e. The van der Waals surface area contributed by atoms with Gasteiger partial charge in [-0.2, -0.15) is 0 Å². The number of carboxylic acid groups (broad SMARTS) is 1. The lowest BCUT2D eigenvalue weighted by atomic mass is 9.85. The Kier molecular flexibility index (Phi) is 9.45. The molecule has 0 radical (unpaired) electrons. The third kappa shape index (κ3) is 6.98. The lowest BCUT2D eigenvalue weighted by molar-refractivity contribution is -0.145. The van der Waals surface area contributed by atoms with Crippen molar-refractivity contribution in [3.05, 3.63) is 89.5 Å². The Morgan fingerprint density at radius 1 is 1.00 bits per heavy atom. The van der Waals surface area contributed by atoms with E-state index in [0.29, 0.717) is 29.2 Å². The van der Waals surface area contributed by atoms with Crippen LogP contribution in [0, 0.1) is 0 Å². The van der Waals surface area contributed by atoms with Gasteiger partial charge in [0.25, 0.3) is 0 Å². The highest BCUT2D eigenvalue weighted by Gasteiger charge is 2.42. The van der Waals surface area contributed by atoms with Crippen molar-refractivity contribution >= 4 is 34.8 Å². The molecule has 0 saturated heterocycles. The highest BCUT2D eigenvalue weighted by molar-refractivity contribution is 7.80. The van der Waals surface area contributed by atoms with Crippen molar-refractivity contribution in [3.63, 3.8) is 0 Å². The van der Waals surface area contributed by atoms with E-state index in [-0.39, 0.29) is 30.4 Å². The van der Waals surface area contributed by atoms with E-state index in [1.807, 2.05) is 30.3 Å². The maximum atomic E-state index is 12.8. The molecular weight excluding hydrogens is 492 g/mol. The van der Waals surface area contributed by atoms with Crippen molar-refractivity contribution < 1.29 is 28.9 Å². The fraction of sp³-hybridized carbons (Fsp3) is 0.250.